The molecule has 2 N–H and O–H groups in total. The summed E-state index contributed by atoms with van der Waals surface area (Å²) in [7, 11) is 2.25. The minimum absolute atomic E-state index is 0.0648. The van der Waals surface area contributed by atoms with Crippen LogP contribution in [0.2, 0.25) is 0 Å². The van der Waals surface area contributed by atoms with Crippen LogP contribution in [-0.2, 0) is 15.6 Å². The Labute approximate surface area is 184 Å². The maximum Gasteiger partial charge on any atom is 0.266 e. The summed E-state index contributed by atoms with van der Waals surface area (Å²) in [5.41, 5.74) is 0.507. The van der Waals surface area contributed by atoms with Crippen LogP contribution in [0.5, 0.6) is 5.75 Å². The van der Waals surface area contributed by atoms with E-state index in [0.717, 1.165) is 37.1 Å². The Morgan fingerprint density at radius 3 is 2.58 bits per heavy atom. The monoisotopic (exact) mass is 446 g/mol. The molecule has 0 aromatic heterocycles. The summed E-state index contributed by atoms with van der Waals surface area (Å²) in [4.78, 5) is 13.2. The first-order chi connectivity index (χ1) is 14.7. The second kappa shape index (κ2) is 9.38. The molecule has 0 bridgehead atoms. The third-order valence-electron chi connectivity index (χ3n) is 5.84. The molecule has 0 unspecified atom stereocenters. The molecule has 2 aromatic rings. The number of nitrogens with zero attached hydrogens (tertiary/aromatic N) is 1. The predicted molar refractivity (Wildman–Crippen MR) is 118 cm³/mol. The van der Waals surface area contributed by atoms with Crippen LogP contribution in [0.15, 0.2) is 53.4 Å². The van der Waals surface area contributed by atoms with Gasteiger partial charge in [-0.3, -0.25) is 4.79 Å². The lowest BCUT2D eigenvalue weighted by Gasteiger charge is -2.41. The van der Waals surface area contributed by atoms with E-state index >= 15 is 0 Å². The number of fused-ring (bicyclic) bond motifs is 1. The zero-order valence-electron chi connectivity index (χ0n) is 18.2. The highest BCUT2D eigenvalue weighted by atomic mass is 32.2. The van der Waals surface area contributed by atoms with Crippen LogP contribution in [0.4, 0.5) is 0 Å². The summed E-state index contributed by atoms with van der Waals surface area (Å²) in [5, 5.41) is 11.2. The molecule has 168 valence electrons. The van der Waals surface area contributed by atoms with Crippen LogP contribution >= 0.6 is 0 Å². The lowest BCUT2D eigenvalue weighted by molar-refractivity contribution is -0.0619. The van der Waals surface area contributed by atoms with Crippen molar-refractivity contribution in [2.45, 2.75) is 36.2 Å². The van der Waals surface area contributed by atoms with E-state index in [9.17, 15) is 18.3 Å². The molecule has 2 aliphatic rings. The van der Waals surface area contributed by atoms with Gasteiger partial charge in [0, 0.05) is 12.5 Å². The van der Waals surface area contributed by atoms with Gasteiger partial charge in [0.1, 0.15) is 10.6 Å². The van der Waals surface area contributed by atoms with Gasteiger partial charge in [0.25, 0.3) is 15.9 Å². The average Bonchev–Trinajstić information content (AvgIpc) is 2.99. The van der Waals surface area contributed by atoms with E-state index in [-0.39, 0.29) is 10.5 Å². The number of carbonyl (C=O) groups is 1. The van der Waals surface area contributed by atoms with Gasteiger partial charge in [0.2, 0.25) is 0 Å². The summed E-state index contributed by atoms with van der Waals surface area (Å²) < 4.78 is 29.4. The first kappa shape index (κ1) is 23.2. The maximum absolute atomic E-state index is 11.2. The Morgan fingerprint density at radius 2 is 1.90 bits per heavy atom. The van der Waals surface area contributed by atoms with Crippen molar-refractivity contribution in [2.75, 3.05) is 27.7 Å². The van der Waals surface area contributed by atoms with Crippen molar-refractivity contribution in [3.63, 3.8) is 0 Å². The van der Waals surface area contributed by atoms with E-state index in [1.165, 1.54) is 18.6 Å². The molecule has 1 amide bonds. The first-order valence-corrected chi connectivity index (χ1v) is 11.8. The molecule has 1 saturated carbocycles. The Morgan fingerprint density at radius 1 is 1.16 bits per heavy atom. The number of rotatable bonds is 4. The lowest BCUT2D eigenvalue weighted by Crippen LogP contribution is -2.43. The van der Waals surface area contributed by atoms with Gasteiger partial charge in [-0.15, -0.1) is 0 Å². The summed E-state index contributed by atoms with van der Waals surface area (Å²) >= 11 is 0. The molecule has 1 aliphatic carbocycles. The minimum Gasteiger partial charge on any atom is -0.497 e. The number of benzene rings is 2. The average molecular weight is 447 g/mol. The molecule has 0 radical (unpaired) electrons. The van der Waals surface area contributed by atoms with Crippen molar-refractivity contribution >= 4 is 15.9 Å². The number of nitrogens with one attached hydrogen (secondary N) is 1. The number of sulfonamides is 1. The molecule has 2 aromatic carbocycles. The summed E-state index contributed by atoms with van der Waals surface area (Å²) in [6.45, 7) is 0.924. The molecule has 31 heavy (non-hydrogen) atoms. The van der Waals surface area contributed by atoms with Crippen molar-refractivity contribution in [3.05, 3.63) is 59.7 Å². The molecule has 2 atom stereocenters. The normalized spacial score (nSPS) is 24.0. The molecule has 8 heteroatoms. The fourth-order valence-electron chi connectivity index (χ4n) is 4.30. The van der Waals surface area contributed by atoms with E-state index in [1.807, 2.05) is 29.0 Å². The number of ether oxygens (including phenoxy) is 1. The molecule has 0 spiro atoms. The smallest absolute Gasteiger partial charge is 0.266 e. The molecule has 0 saturated heterocycles. The highest BCUT2D eigenvalue weighted by molar-refractivity contribution is 7.90. The van der Waals surface area contributed by atoms with Gasteiger partial charge < -0.3 is 14.7 Å². The third kappa shape index (κ3) is 5.08. The SMILES string of the molecule is COc1cccc([C@]2(O)CCCC[C@H]2CN(C)C)c1.O=C1NS(=O)(=O)c2ccccc21. The van der Waals surface area contributed by atoms with E-state index < -0.39 is 21.5 Å². The van der Waals surface area contributed by atoms with Crippen molar-refractivity contribution in [1.29, 1.82) is 0 Å². The maximum atomic E-state index is 11.2. The Bertz CT molecular complexity index is 1040. The fraction of sp³-hybridized carbons (Fsp3) is 0.435. The van der Waals surface area contributed by atoms with Crippen LogP contribution < -0.4 is 9.46 Å². The highest BCUT2D eigenvalue weighted by Crippen LogP contribution is 2.42. The first-order valence-electron chi connectivity index (χ1n) is 10.3. The van der Waals surface area contributed by atoms with Crippen molar-refractivity contribution in [3.8, 4) is 5.75 Å². The van der Waals surface area contributed by atoms with Crippen LogP contribution in [0.25, 0.3) is 0 Å². The van der Waals surface area contributed by atoms with Gasteiger partial charge in [0.05, 0.1) is 18.3 Å². The molecule has 1 aliphatic heterocycles. The van der Waals surface area contributed by atoms with Crippen LogP contribution in [0, 0.1) is 5.92 Å². The van der Waals surface area contributed by atoms with Gasteiger partial charge in [-0.05, 0) is 56.8 Å². The number of hydrogen-bond acceptors (Lipinski definition) is 6. The van der Waals surface area contributed by atoms with E-state index in [1.54, 1.807) is 19.2 Å². The second-order valence-electron chi connectivity index (χ2n) is 8.29. The summed E-state index contributed by atoms with van der Waals surface area (Å²) in [5.74, 6) is 0.564. The molecular weight excluding hydrogens is 416 g/mol. The van der Waals surface area contributed by atoms with Crippen LogP contribution in [-0.4, -0.2) is 52.1 Å². The van der Waals surface area contributed by atoms with E-state index in [0.29, 0.717) is 5.92 Å². The number of carbonyl (C=O) groups excluding carboxylic acids is 1. The molecular formula is C23H30N2O5S. The second-order valence-corrected chi connectivity index (χ2v) is 9.94. The highest BCUT2D eigenvalue weighted by Gasteiger charge is 2.40. The molecule has 1 heterocycles. The third-order valence-corrected chi connectivity index (χ3v) is 7.23. The summed E-state index contributed by atoms with van der Waals surface area (Å²) in [6.07, 6.45) is 4.24. The zero-order chi connectivity index (χ0) is 22.6. The predicted octanol–water partition coefficient (Wildman–Crippen LogP) is 2.75. The molecule has 7 nitrogen and oxygen atoms in total. The fourth-order valence-corrected chi connectivity index (χ4v) is 5.48. The Hall–Kier alpha value is -2.42. The van der Waals surface area contributed by atoms with Crippen molar-refractivity contribution < 1.29 is 23.1 Å². The number of hydrogen-bond donors (Lipinski definition) is 2. The quantitative estimate of drug-likeness (QED) is 0.750. The Kier molecular flexibility index (Phi) is 7.03. The van der Waals surface area contributed by atoms with Crippen molar-refractivity contribution in [1.82, 2.24) is 9.62 Å². The standard InChI is InChI=1S/C16H25NO2.C7H5NO3S/c1-17(2)12-14-7-4-5-10-16(14,18)13-8-6-9-15(11-13)19-3;9-7-5-3-1-2-4-6(5)12(10,11)8-7/h6,8-9,11,14,18H,4-5,7,10,12H2,1-3H3;1-4H,(H,8,9)/t14-,16+;/m0./s1. The van der Waals surface area contributed by atoms with Gasteiger partial charge in [-0.2, -0.15) is 0 Å². The van der Waals surface area contributed by atoms with Crippen LogP contribution in [0.1, 0.15) is 41.6 Å². The zero-order valence-corrected chi connectivity index (χ0v) is 19.0. The Balaban J connectivity index is 0.000000194. The van der Waals surface area contributed by atoms with Gasteiger partial charge in [0.15, 0.2) is 0 Å². The topological polar surface area (TPSA) is 95.9 Å². The minimum atomic E-state index is -3.55. The van der Waals surface area contributed by atoms with Gasteiger partial charge >= 0.3 is 0 Å². The number of aliphatic hydroxyl groups is 1. The number of methoxy groups -OCH3 is 1. The van der Waals surface area contributed by atoms with Crippen LogP contribution in [0.3, 0.4) is 0 Å². The van der Waals surface area contributed by atoms with E-state index in [4.69, 9.17) is 4.74 Å². The van der Waals surface area contributed by atoms with Gasteiger partial charge in [-0.1, -0.05) is 37.1 Å². The lowest BCUT2D eigenvalue weighted by atomic mass is 9.71. The molecule has 4 rings (SSSR count). The number of amides is 1. The largest absolute Gasteiger partial charge is 0.497 e. The molecule has 1 fully saturated rings. The van der Waals surface area contributed by atoms with E-state index in [2.05, 4.69) is 19.0 Å². The van der Waals surface area contributed by atoms with Crippen molar-refractivity contribution in [2.24, 2.45) is 5.92 Å². The van der Waals surface area contributed by atoms with Gasteiger partial charge in [-0.25, -0.2) is 13.1 Å². The summed E-state index contributed by atoms with van der Waals surface area (Å²) in [6, 6.07) is 14.0.